The molecule has 0 fully saturated rings. The number of amides is 1. The van der Waals surface area contributed by atoms with Crippen LogP contribution in [0, 0.1) is 0 Å². The van der Waals surface area contributed by atoms with Crippen LogP contribution in [-0.4, -0.2) is 31.2 Å². The zero-order valence-corrected chi connectivity index (χ0v) is 14.3. The number of ether oxygens (including phenoxy) is 1. The first-order valence-electron chi connectivity index (χ1n) is 7.70. The van der Waals surface area contributed by atoms with Crippen molar-refractivity contribution in [2.45, 2.75) is 12.8 Å². The van der Waals surface area contributed by atoms with Gasteiger partial charge in [-0.15, -0.1) is 11.6 Å². The molecule has 0 saturated heterocycles. The van der Waals surface area contributed by atoms with Gasteiger partial charge in [0.2, 0.25) is 0 Å². The molecule has 0 bridgehead atoms. The summed E-state index contributed by atoms with van der Waals surface area (Å²) >= 11 is 5.55. The molecule has 0 unspecified atom stereocenters. The molecule has 0 aliphatic heterocycles. The Morgan fingerprint density at radius 1 is 1.08 bits per heavy atom. The molecule has 5 heteroatoms. The van der Waals surface area contributed by atoms with E-state index in [1.165, 1.54) is 0 Å². The first-order valence-corrected chi connectivity index (χ1v) is 8.24. The fourth-order valence-corrected chi connectivity index (χ4v) is 2.46. The van der Waals surface area contributed by atoms with Crippen molar-refractivity contribution in [3.63, 3.8) is 0 Å². The second kappa shape index (κ2) is 9.08. The summed E-state index contributed by atoms with van der Waals surface area (Å²) < 4.78 is 5.12. The lowest BCUT2D eigenvalue weighted by Crippen LogP contribution is -2.27. The molecule has 0 aromatic heterocycles. The topological polar surface area (TPSA) is 55.4 Å². The van der Waals surface area contributed by atoms with Gasteiger partial charge in [-0.05, 0) is 35.7 Å². The monoisotopic (exact) mass is 345 g/mol. The van der Waals surface area contributed by atoms with Crippen LogP contribution in [0.3, 0.4) is 0 Å². The van der Waals surface area contributed by atoms with Gasteiger partial charge < -0.3 is 10.1 Å². The average molecular weight is 346 g/mol. The fraction of sp³-hybridized carbons (Fsp3) is 0.263. The molecule has 4 nitrogen and oxygen atoms in total. The van der Waals surface area contributed by atoms with Crippen LogP contribution in [0.25, 0.3) is 0 Å². The molecular weight excluding hydrogens is 326 g/mol. The van der Waals surface area contributed by atoms with Crippen molar-refractivity contribution < 1.29 is 14.3 Å². The number of hydrogen-bond donors (Lipinski definition) is 1. The van der Waals surface area contributed by atoms with Crippen molar-refractivity contribution in [2.75, 3.05) is 19.5 Å². The Kier molecular flexibility index (Phi) is 6.82. The van der Waals surface area contributed by atoms with Gasteiger partial charge in [-0.2, -0.15) is 0 Å². The average Bonchev–Trinajstić information content (AvgIpc) is 2.62. The minimum Gasteiger partial charge on any atom is -0.497 e. The number of benzene rings is 2. The Bertz CT molecular complexity index is 698. The summed E-state index contributed by atoms with van der Waals surface area (Å²) in [4.78, 5) is 23.9. The Labute approximate surface area is 146 Å². The summed E-state index contributed by atoms with van der Waals surface area (Å²) in [7, 11) is 1.63. The third-order valence-corrected chi connectivity index (χ3v) is 3.96. The van der Waals surface area contributed by atoms with Gasteiger partial charge in [0.25, 0.3) is 5.91 Å². The van der Waals surface area contributed by atoms with Gasteiger partial charge in [-0.25, -0.2) is 0 Å². The van der Waals surface area contributed by atoms with Crippen molar-refractivity contribution in [2.24, 2.45) is 0 Å². The first-order chi connectivity index (χ1) is 11.6. The second-order valence-electron chi connectivity index (χ2n) is 5.36. The van der Waals surface area contributed by atoms with Crippen molar-refractivity contribution in [1.82, 2.24) is 5.32 Å². The van der Waals surface area contributed by atoms with E-state index in [4.69, 9.17) is 16.3 Å². The van der Waals surface area contributed by atoms with Crippen LogP contribution in [-0.2, 0) is 17.6 Å². The molecule has 2 rings (SSSR count). The highest BCUT2D eigenvalue weighted by molar-refractivity contribution is 6.27. The van der Waals surface area contributed by atoms with Crippen LogP contribution in [0.1, 0.15) is 21.5 Å². The largest absolute Gasteiger partial charge is 0.497 e. The summed E-state index contributed by atoms with van der Waals surface area (Å²) in [6.45, 7) is 0.517. The van der Waals surface area contributed by atoms with Gasteiger partial charge in [0.05, 0.1) is 13.0 Å². The number of hydrogen-bond acceptors (Lipinski definition) is 3. The molecule has 0 radical (unpaired) electrons. The molecule has 24 heavy (non-hydrogen) atoms. The van der Waals surface area contributed by atoms with Crippen LogP contribution < -0.4 is 10.1 Å². The third-order valence-electron chi connectivity index (χ3n) is 3.66. The lowest BCUT2D eigenvalue weighted by atomic mass is 10.0. The van der Waals surface area contributed by atoms with E-state index in [1.54, 1.807) is 25.3 Å². The molecule has 126 valence electrons. The molecule has 0 spiro atoms. The Hall–Kier alpha value is -2.33. The van der Waals surface area contributed by atoms with Crippen molar-refractivity contribution in [3.8, 4) is 5.75 Å². The van der Waals surface area contributed by atoms with E-state index in [0.29, 0.717) is 17.7 Å². The van der Waals surface area contributed by atoms with Crippen LogP contribution in [0.4, 0.5) is 0 Å². The molecule has 2 aromatic carbocycles. The van der Waals surface area contributed by atoms with Gasteiger partial charge >= 0.3 is 0 Å². The summed E-state index contributed by atoms with van der Waals surface area (Å²) in [5, 5.41) is 2.89. The van der Waals surface area contributed by atoms with E-state index < -0.39 is 0 Å². The van der Waals surface area contributed by atoms with E-state index >= 15 is 0 Å². The van der Waals surface area contributed by atoms with E-state index in [-0.39, 0.29) is 24.0 Å². The molecular formula is C19H20ClNO3. The van der Waals surface area contributed by atoms with Gasteiger partial charge in [-0.3, -0.25) is 9.59 Å². The normalized spacial score (nSPS) is 10.2. The molecule has 1 N–H and O–H groups in total. The molecule has 0 aliphatic rings. The highest BCUT2D eigenvalue weighted by atomic mass is 35.5. The Balaban J connectivity index is 1.93. The van der Waals surface area contributed by atoms with Gasteiger partial charge in [0.15, 0.2) is 5.78 Å². The van der Waals surface area contributed by atoms with Crippen LogP contribution in [0.15, 0.2) is 48.5 Å². The van der Waals surface area contributed by atoms with Crippen molar-refractivity contribution >= 4 is 23.3 Å². The number of rotatable bonds is 8. The van der Waals surface area contributed by atoms with E-state index in [0.717, 1.165) is 17.7 Å². The minimum atomic E-state index is -0.179. The summed E-state index contributed by atoms with van der Waals surface area (Å²) in [5.41, 5.74) is 2.33. The van der Waals surface area contributed by atoms with E-state index in [9.17, 15) is 9.59 Å². The molecule has 0 aliphatic carbocycles. The van der Waals surface area contributed by atoms with Gasteiger partial charge in [0.1, 0.15) is 5.75 Å². The maximum atomic E-state index is 12.4. The zero-order chi connectivity index (χ0) is 17.4. The first kappa shape index (κ1) is 18.0. The van der Waals surface area contributed by atoms with Crippen LogP contribution in [0.2, 0.25) is 0 Å². The molecule has 1 amide bonds. The number of carbonyl (C=O) groups is 2. The van der Waals surface area contributed by atoms with E-state index in [1.807, 2.05) is 30.3 Å². The predicted octanol–water partition coefficient (Wildman–Crippen LogP) is 3.02. The van der Waals surface area contributed by atoms with Crippen LogP contribution >= 0.6 is 11.6 Å². The maximum Gasteiger partial charge on any atom is 0.251 e. The Morgan fingerprint density at radius 2 is 1.79 bits per heavy atom. The number of Topliss-reactive ketones (excluding diaryl/α,β-unsaturated/α-hetero) is 1. The third kappa shape index (κ3) is 5.10. The summed E-state index contributed by atoms with van der Waals surface area (Å²) in [5.74, 6) is 0.477. The highest BCUT2D eigenvalue weighted by Crippen LogP contribution is 2.12. The number of nitrogens with one attached hydrogen (secondary N) is 1. The Morgan fingerprint density at radius 3 is 2.46 bits per heavy atom. The van der Waals surface area contributed by atoms with Crippen molar-refractivity contribution in [1.29, 1.82) is 0 Å². The number of halogens is 1. The van der Waals surface area contributed by atoms with Crippen LogP contribution in [0.5, 0.6) is 5.75 Å². The maximum absolute atomic E-state index is 12.4. The SMILES string of the molecule is COc1ccc(CCNC(=O)c2ccccc2CC(=O)CCl)cc1. The molecule has 0 saturated carbocycles. The number of carbonyl (C=O) groups excluding carboxylic acids is 2. The summed E-state index contributed by atoms with van der Waals surface area (Å²) in [6, 6.07) is 14.8. The molecule has 0 atom stereocenters. The van der Waals surface area contributed by atoms with E-state index in [2.05, 4.69) is 5.32 Å². The number of alkyl halides is 1. The quantitative estimate of drug-likeness (QED) is 0.748. The minimum absolute atomic E-state index is 0.0482. The second-order valence-corrected chi connectivity index (χ2v) is 5.63. The smallest absolute Gasteiger partial charge is 0.251 e. The predicted molar refractivity (Wildman–Crippen MR) is 94.9 cm³/mol. The molecule has 2 aromatic rings. The number of methoxy groups -OCH3 is 1. The highest BCUT2D eigenvalue weighted by Gasteiger charge is 2.12. The van der Waals surface area contributed by atoms with Gasteiger partial charge in [-0.1, -0.05) is 30.3 Å². The zero-order valence-electron chi connectivity index (χ0n) is 13.5. The standard InChI is InChI=1S/C19H20ClNO3/c1-24-17-8-6-14(7-9-17)10-11-21-19(23)18-5-3-2-4-15(18)12-16(22)13-20/h2-9H,10-13H2,1H3,(H,21,23). The lowest BCUT2D eigenvalue weighted by Gasteiger charge is -2.10. The number of ketones is 1. The molecule has 0 heterocycles. The summed E-state index contributed by atoms with van der Waals surface area (Å²) in [6.07, 6.45) is 0.893. The fourth-order valence-electron chi connectivity index (χ4n) is 2.36. The van der Waals surface area contributed by atoms with Gasteiger partial charge in [0, 0.05) is 18.5 Å². The lowest BCUT2D eigenvalue weighted by molar-refractivity contribution is -0.116. The van der Waals surface area contributed by atoms with Crippen molar-refractivity contribution in [3.05, 3.63) is 65.2 Å².